The number of rotatable bonds is 7. The number of guanidine groups is 1. The second-order valence-corrected chi connectivity index (χ2v) is 8.70. The highest BCUT2D eigenvalue weighted by Crippen LogP contribution is 2.17. The minimum atomic E-state index is -3.15. The summed E-state index contributed by atoms with van der Waals surface area (Å²) in [7, 11) is -3.15. The molecule has 152 valence electrons. The summed E-state index contributed by atoms with van der Waals surface area (Å²) in [6.45, 7) is 5.78. The molecule has 0 amide bonds. The largest absolute Gasteiger partial charge is 0.505 e. The van der Waals surface area contributed by atoms with Crippen LogP contribution in [0.3, 0.4) is 0 Å². The number of sulfonamides is 1. The van der Waals surface area contributed by atoms with E-state index in [2.05, 4.69) is 15.6 Å². The lowest BCUT2D eigenvalue weighted by Crippen LogP contribution is -2.50. The van der Waals surface area contributed by atoms with Crippen LogP contribution in [-0.2, 0) is 16.6 Å². The number of phenolic OH excluding ortho intramolecular Hbond substituents is 1. The number of benzene rings is 1. The first-order valence-corrected chi connectivity index (χ1v) is 11.0. The maximum atomic E-state index is 13.4. The molecule has 0 unspecified atom stereocenters. The van der Waals surface area contributed by atoms with Crippen molar-refractivity contribution >= 4 is 16.0 Å². The molecule has 27 heavy (non-hydrogen) atoms. The van der Waals surface area contributed by atoms with Gasteiger partial charge in [0.05, 0.1) is 12.3 Å². The highest BCUT2D eigenvalue weighted by Gasteiger charge is 2.27. The van der Waals surface area contributed by atoms with E-state index in [9.17, 15) is 17.9 Å². The van der Waals surface area contributed by atoms with Crippen LogP contribution in [0, 0.1) is 5.82 Å². The first-order chi connectivity index (χ1) is 12.9. The van der Waals surface area contributed by atoms with Crippen molar-refractivity contribution in [1.29, 1.82) is 0 Å². The molecule has 1 heterocycles. The fraction of sp³-hybridized carbons (Fsp3) is 0.611. The Labute approximate surface area is 160 Å². The number of halogens is 1. The van der Waals surface area contributed by atoms with Crippen LogP contribution in [0.25, 0.3) is 0 Å². The summed E-state index contributed by atoms with van der Waals surface area (Å²) in [4.78, 5) is 4.46. The van der Waals surface area contributed by atoms with Gasteiger partial charge < -0.3 is 15.7 Å². The molecule has 0 aromatic heterocycles. The fourth-order valence-electron chi connectivity index (χ4n) is 3.00. The zero-order chi connectivity index (χ0) is 19.9. The van der Waals surface area contributed by atoms with Gasteiger partial charge in [-0.2, -0.15) is 0 Å². The Kier molecular flexibility index (Phi) is 7.85. The summed E-state index contributed by atoms with van der Waals surface area (Å²) < 4.78 is 39.3. The maximum Gasteiger partial charge on any atom is 0.214 e. The van der Waals surface area contributed by atoms with Crippen LogP contribution in [0.2, 0.25) is 0 Å². The van der Waals surface area contributed by atoms with Gasteiger partial charge in [0.25, 0.3) is 0 Å². The van der Waals surface area contributed by atoms with Crippen LogP contribution < -0.4 is 10.6 Å². The van der Waals surface area contributed by atoms with Gasteiger partial charge in [0.1, 0.15) is 0 Å². The van der Waals surface area contributed by atoms with Gasteiger partial charge >= 0.3 is 0 Å². The number of piperidine rings is 1. The van der Waals surface area contributed by atoms with Crippen molar-refractivity contribution in [1.82, 2.24) is 14.9 Å². The first-order valence-electron chi connectivity index (χ1n) is 9.35. The van der Waals surface area contributed by atoms with Crippen molar-refractivity contribution in [3.8, 4) is 5.75 Å². The Balaban J connectivity index is 1.93. The summed E-state index contributed by atoms with van der Waals surface area (Å²) >= 11 is 0. The predicted octanol–water partition coefficient (Wildman–Crippen LogP) is 1.79. The number of aliphatic imine (C=N–C) groups is 1. The van der Waals surface area contributed by atoms with Gasteiger partial charge in [0, 0.05) is 25.7 Å². The van der Waals surface area contributed by atoms with Crippen molar-refractivity contribution in [3.05, 3.63) is 29.6 Å². The quantitative estimate of drug-likeness (QED) is 0.479. The number of aromatic hydroxyl groups is 1. The molecule has 7 nitrogen and oxygen atoms in total. The third-order valence-electron chi connectivity index (χ3n) is 4.43. The van der Waals surface area contributed by atoms with Crippen LogP contribution in [0.4, 0.5) is 4.39 Å². The number of phenols is 1. The molecule has 3 N–H and O–H groups in total. The molecule has 9 heteroatoms. The molecule has 0 spiro atoms. The van der Waals surface area contributed by atoms with E-state index in [4.69, 9.17) is 0 Å². The Hall–Kier alpha value is -1.87. The monoisotopic (exact) mass is 400 g/mol. The average molecular weight is 401 g/mol. The molecular weight excluding hydrogens is 371 g/mol. The predicted molar refractivity (Wildman–Crippen MR) is 105 cm³/mol. The minimum absolute atomic E-state index is 0.132. The van der Waals surface area contributed by atoms with Crippen LogP contribution in [0.1, 0.15) is 38.7 Å². The number of nitrogens with one attached hydrogen (secondary N) is 2. The number of hydrogen-bond acceptors (Lipinski definition) is 4. The molecule has 1 aromatic carbocycles. The second-order valence-electron chi connectivity index (χ2n) is 6.61. The van der Waals surface area contributed by atoms with Crippen LogP contribution in [0.15, 0.2) is 23.2 Å². The Bertz CT molecular complexity index is 747. The van der Waals surface area contributed by atoms with Gasteiger partial charge in [-0.25, -0.2) is 22.1 Å². The molecule has 1 aliphatic rings. The Morgan fingerprint density at radius 1 is 1.33 bits per heavy atom. The van der Waals surface area contributed by atoms with E-state index < -0.39 is 15.8 Å². The topological polar surface area (TPSA) is 94.0 Å². The van der Waals surface area contributed by atoms with Crippen molar-refractivity contribution in [3.63, 3.8) is 0 Å². The summed E-state index contributed by atoms with van der Waals surface area (Å²) in [5, 5.41) is 15.7. The van der Waals surface area contributed by atoms with E-state index in [1.807, 2.05) is 13.8 Å². The van der Waals surface area contributed by atoms with Crippen LogP contribution in [-0.4, -0.2) is 55.2 Å². The lowest BCUT2D eigenvalue weighted by atomic mass is 10.1. The van der Waals surface area contributed by atoms with Gasteiger partial charge in [-0.15, -0.1) is 0 Å². The molecule has 1 saturated heterocycles. The molecule has 1 aromatic rings. The Morgan fingerprint density at radius 2 is 2.04 bits per heavy atom. The molecule has 1 fully saturated rings. The molecule has 0 radical (unpaired) electrons. The normalized spacial score (nSPS) is 17.1. The van der Waals surface area contributed by atoms with Crippen molar-refractivity contribution in [2.24, 2.45) is 4.99 Å². The summed E-state index contributed by atoms with van der Waals surface area (Å²) in [6, 6.07) is 4.34. The van der Waals surface area contributed by atoms with Crippen molar-refractivity contribution in [2.45, 2.75) is 45.7 Å². The fourth-order valence-corrected chi connectivity index (χ4v) is 4.54. The van der Waals surface area contributed by atoms with Crippen molar-refractivity contribution < 1.29 is 17.9 Å². The SMILES string of the molecule is CCCS(=O)(=O)N1CCC(NC(=NCc2ccc(O)c(F)c2)NCC)CC1. The molecule has 0 saturated carbocycles. The average Bonchev–Trinajstić information content (AvgIpc) is 2.63. The van der Waals surface area contributed by atoms with Crippen LogP contribution >= 0.6 is 0 Å². The zero-order valence-corrected chi connectivity index (χ0v) is 16.7. The molecular formula is C18H29FN4O3S. The molecule has 0 atom stereocenters. The zero-order valence-electron chi connectivity index (χ0n) is 15.9. The third kappa shape index (κ3) is 6.35. The highest BCUT2D eigenvalue weighted by atomic mass is 32.2. The lowest BCUT2D eigenvalue weighted by Gasteiger charge is -2.32. The highest BCUT2D eigenvalue weighted by molar-refractivity contribution is 7.89. The smallest absolute Gasteiger partial charge is 0.214 e. The number of hydrogen-bond donors (Lipinski definition) is 3. The summed E-state index contributed by atoms with van der Waals surface area (Å²) in [5.41, 5.74) is 0.656. The van der Waals surface area contributed by atoms with Gasteiger partial charge in [-0.1, -0.05) is 13.0 Å². The minimum Gasteiger partial charge on any atom is -0.505 e. The maximum absolute atomic E-state index is 13.4. The van der Waals surface area contributed by atoms with Gasteiger partial charge in [-0.05, 0) is 43.9 Å². The van der Waals surface area contributed by atoms with E-state index in [-0.39, 0.29) is 24.1 Å². The molecule has 2 rings (SSSR count). The molecule has 1 aliphatic heterocycles. The van der Waals surface area contributed by atoms with E-state index in [0.717, 1.165) is 0 Å². The van der Waals surface area contributed by atoms with Gasteiger partial charge in [0.2, 0.25) is 10.0 Å². The molecule has 0 bridgehead atoms. The third-order valence-corrected chi connectivity index (χ3v) is 6.50. The standard InChI is InChI=1S/C18H29FN4O3S/c1-3-11-27(25,26)23-9-7-15(8-10-23)22-18(20-4-2)21-13-14-5-6-17(24)16(19)12-14/h5-6,12,15,24H,3-4,7-11,13H2,1-2H3,(H2,20,21,22). The van der Waals surface area contributed by atoms with Gasteiger partial charge in [0.15, 0.2) is 17.5 Å². The van der Waals surface area contributed by atoms with E-state index >= 15 is 0 Å². The summed E-state index contributed by atoms with van der Waals surface area (Å²) in [5.74, 6) is -0.238. The van der Waals surface area contributed by atoms with Gasteiger partial charge in [-0.3, -0.25) is 0 Å². The van der Waals surface area contributed by atoms with E-state index in [1.165, 1.54) is 12.1 Å². The Morgan fingerprint density at radius 3 is 2.63 bits per heavy atom. The lowest BCUT2D eigenvalue weighted by molar-refractivity contribution is 0.306. The summed E-state index contributed by atoms with van der Waals surface area (Å²) in [6.07, 6.45) is 2.04. The first kappa shape index (κ1) is 21.4. The van der Waals surface area contributed by atoms with E-state index in [0.29, 0.717) is 50.4 Å². The van der Waals surface area contributed by atoms with Crippen molar-refractivity contribution in [2.75, 3.05) is 25.4 Å². The van der Waals surface area contributed by atoms with Crippen LogP contribution in [0.5, 0.6) is 5.75 Å². The molecule has 0 aliphatic carbocycles. The van der Waals surface area contributed by atoms with E-state index in [1.54, 1.807) is 10.4 Å². The number of nitrogens with zero attached hydrogens (tertiary/aromatic N) is 2. The second kappa shape index (κ2) is 9.89.